The van der Waals surface area contributed by atoms with Gasteiger partial charge in [-0.25, -0.2) is 4.57 Å². The van der Waals surface area contributed by atoms with Crippen molar-refractivity contribution in [3.63, 3.8) is 0 Å². The predicted octanol–water partition coefficient (Wildman–Crippen LogP) is 2.67. The largest absolute Gasteiger partial charge is 0.463 e. The van der Waals surface area contributed by atoms with Crippen molar-refractivity contribution in [1.29, 1.82) is 0 Å². The summed E-state index contributed by atoms with van der Waals surface area (Å²) in [6, 6.07) is 0. The topological polar surface area (TPSA) is 44.8 Å². The minimum atomic E-state index is -4.50. The molecule has 0 amide bonds. The molecule has 0 aromatic heterocycles. The first kappa shape index (κ1) is 12.3. The molecule has 0 aliphatic carbocycles. The lowest BCUT2D eigenvalue weighted by atomic mass is 10.7. The van der Waals surface area contributed by atoms with E-state index >= 15 is 0 Å². The molecular formula is C5H11ClFO4P. The monoisotopic (exact) mass is 220 g/mol. The van der Waals surface area contributed by atoms with Crippen LogP contribution in [-0.2, 0) is 18.6 Å². The van der Waals surface area contributed by atoms with Crippen LogP contribution in [0.4, 0.5) is 4.20 Å². The highest BCUT2D eigenvalue weighted by molar-refractivity contribution is 7.81. The van der Waals surface area contributed by atoms with Crippen molar-refractivity contribution in [2.45, 2.75) is 26.4 Å². The van der Waals surface area contributed by atoms with Gasteiger partial charge in [0.1, 0.15) is 0 Å². The van der Waals surface area contributed by atoms with Crippen LogP contribution in [0.15, 0.2) is 0 Å². The summed E-state index contributed by atoms with van der Waals surface area (Å²) in [5.41, 5.74) is 0. The van der Waals surface area contributed by atoms with Crippen LogP contribution in [0.3, 0.4) is 0 Å². The van der Waals surface area contributed by atoms with Crippen LogP contribution >= 0.6 is 18.3 Å². The maximum absolute atomic E-state index is 12.2. The van der Waals surface area contributed by atoms with Gasteiger partial charge in [-0.2, -0.15) is 0 Å². The van der Waals surface area contributed by atoms with Crippen molar-refractivity contribution in [3.8, 4) is 0 Å². The number of hydrogen-bond acceptors (Lipinski definition) is 4. The van der Waals surface area contributed by atoms with Crippen LogP contribution in [0, 0.1) is 0 Å². The van der Waals surface area contributed by atoms with Gasteiger partial charge >= 0.3 is 7.03 Å². The molecule has 3 atom stereocenters. The van der Waals surface area contributed by atoms with Gasteiger partial charge < -0.3 is 9.47 Å². The first-order valence-corrected chi connectivity index (χ1v) is 5.63. The van der Waals surface area contributed by atoms with E-state index < -0.39 is 19.6 Å². The molecule has 0 aliphatic rings. The summed E-state index contributed by atoms with van der Waals surface area (Å²) in [6.45, 7) is 2.95. The lowest BCUT2D eigenvalue weighted by molar-refractivity contribution is -0.192. The third-order valence-corrected chi connectivity index (χ3v) is 1.77. The van der Waals surface area contributed by atoms with Crippen molar-refractivity contribution < 1.29 is 22.8 Å². The number of rotatable bonds is 5. The molecule has 0 spiro atoms. The van der Waals surface area contributed by atoms with Crippen molar-refractivity contribution in [1.82, 2.24) is 0 Å². The van der Waals surface area contributed by atoms with Gasteiger partial charge in [-0.3, -0.25) is 4.52 Å². The van der Waals surface area contributed by atoms with E-state index in [1.807, 2.05) is 0 Å². The van der Waals surface area contributed by atoms with Gasteiger partial charge in [0, 0.05) is 18.4 Å². The zero-order chi connectivity index (χ0) is 9.78. The Balaban J connectivity index is 3.74. The number of ether oxygens (including phenoxy) is 2. The fraction of sp³-hybridized carbons (Fsp3) is 1.00. The van der Waals surface area contributed by atoms with E-state index in [9.17, 15) is 8.76 Å². The second-order valence-electron chi connectivity index (χ2n) is 2.03. The molecule has 0 N–H and O–H groups in total. The zero-order valence-electron chi connectivity index (χ0n) is 6.99. The van der Waals surface area contributed by atoms with Crippen LogP contribution in [0.25, 0.3) is 0 Å². The van der Waals surface area contributed by atoms with E-state index in [1.54, 1.807) is 6.92 Å². The minimum absolute atomic E-state index is 0.566. The molecule has 74 valence electrons. The Kier molecular flexibility index (Phi) is 5.29. The Labute approximate surface area is 75.3 Å². The average molecular weight is 221 g/mol. The SMILES string of the molecule is COC(C)OC(C)OP(=O)(F)Cl. The molecule has 0 heterocycles. The summed E-state index contributed by atoms with van der Waals surface area (Å²) in [4.78, 5) is 0. The Morgan fingerprint density at radius 2 is 1.92 bits per heavy atom. The molecule has 0 rings (SSSR count). The predicted molar refractivity (Wildman–Crippen MR) is 42.7 cm³/mol. The Morgan fingerprint density at radius 1 is 1.42 bits per heavy atom. The number of halogens is 2. The van der Waals surface area contributed by atoms with Crippen molar-refractivity contribution in [2.75, 3.05) is 7.11 Å². The molecule has 0 bridgehead atoms. The Hall–Kier alpha value is 0.330. The van der Waals surface area contributed by atoms with Crippen LogP contribution in [0.5, 0.6) is 0 Å². The first-order chi connectivity index (χ1) is 5.35. The van der Waals surface area contributed by atoms with Crippen LogP contribution in [0.1, 0.15) is 13.8 Å². The lowest BCUT2D eigenvalue weighted by Crippen LogP contribution is -2.19. The molecular weight excluding hydrogens is 209 g/mol. The van der Waals surface area contributed by atoms with E-state index in [0.29, 0.717) is 0 Å². The molecule has 7 heteroatoms. The van der Waals surface area contributed by atoms with E-state index in [-0.39, 0.29) is 0 Å². The van der Waals surface area contributed by atoms with E-state index in [0.717, 1.165) is 0 Å². The standard InChI is InChI=1S/C5H11ClFO4P/c1-4(9-3)10-5(2)11-12(6,7)8/h4-5H,1-3H3. The van der Waals surface area contributed by atoms with Crippen molar-refractivity contribution >= 4 is 18.3 Å². The molecule has 0 radical (unpaired) electrons. The van der Waals surface area contributed by atoms with Crippen molar-refractivity contribution in [3.05, 3.63) is 0 Å². The minimum Gasteiger partial charge on any atom is -0.356 e. The quantitative estimate of drug-likeness (QED) is 0.528. The molecule has 0 aliphatic heterocycles. The van der Waals surface area contributed by atoms with Gasteiger partial charge in [-0.1, -0.05) is 0 Å². The average Bonchev–Trinajstić information content (AvgIpc) is 1.82. The second kappa shape index (κ2) is 5.14. The molecule has 0 aromatic rings. The van der Waals surface area contributed by atoms with Gasteiger partial charge in [0.25, 0.3) is 0 Å². The molecule has 4 nitrogen and oxygen atoms in total. The molecule has 0 saturated heterocycles. The summed E-state index contributed by atoms with van der Waals surface area (Å²) >= 11 is 4.70. The van der Waals surface area contributed by atoms with Crippen LogP contribution in [-0.4, -0.2) is 19.7 Å². The molecule has 3 unspecified atom stereocenters. The summed E-state index contributed by atoms with van der Waals surface area (Å²) in [5, 5.41) is 0. The van der Waals surface area contributed by atoms with E-state index in [4.69, 9.17) is 16.0 Å². The summed E-state index contributed by atoms with van der Waals surface area (Å²) in [6.07, 6.45) is -1.57. The normalized spacial score (nSPS) is 21.4. The van der Waals surface area contributed by atoms with Crippen molar-refractivity contribution in [2.24, 2.45) is 0 Å². The third kappa shape index (κ3) is 7.00. The fourth-order valence-corrected chi connectivity index (χ4v) is 1.26. The smallest absolute Gasteiger partial charge is 0.356 e. The van der Waals surface area contributed by atoms with Crippen LogP contribution in [0.2, 0.25) is 0 Å². The third-order valence-electron chi connectivity index (χ3n) is 0.986. The highest BCUT2D eigenvalue weighted by Gasteiger charge is 2.22. The summed E-state index contributed by atoms with van der Waals surface area (Å²) in [5.74, 6) is 0. The first-order valence-electron chi connectivity index (χ1n) is 3.21. The number of hydrogen-bond donors (Lipinski definition) is 0. The molecule has 0 aromatic carbocycles. The molecule has 12 heavy (non-hydrogen) atoms. The van der Waals surface area contributed by atoms with Gasteiger partial charge in [0.2, 0.25) is 0 Å². The van der Waals surface area contributed by atoms with Gasteiger partial charge in [0.05, 0.1) is 0 Å². The van der Waals surface area contributed by atoms with Crippen LogP contribution < -0.4 is 0 Å². The Bertz CT molecular complexity index is 173. The van der Waals surface area contributed by atoms with Gasteiger partial charge in [-0.05, 0) is 13.8 Å². The maximum Gasteiger partial charge on any atom is 0.463 e. The van der Waals surface area contributed by atoms with Gasteiger partial charge in [-0.15, -0.1) is 4.20 Å². The van der Waals surface area contributed by atoms with E-state index in [2.05, 4.69) is 9.26 Å². The van der Waals surface area contributed by atoms with E-state index in [1.165, 1.54) is 14.0 Å². The zero-order valence-corrected chi connectivity index (χ0v) is 8.64. The Morgan fingerprint density at radius 3 is 2.25 bits per heavy atom. The second-order valence-corrected chi connectivity index (χ2v) is 4.28. The lowest BCUT2D eigenvalue weighted by Gasteiger charge is -2.17. The highest BCUT2D eigenvalue weighted by atomic mass is 35.7. The number of methoxy groups -OCH3 is 1. The molecule has 0 fully saturated rings. The molecule has 0 saturated carbocycles. The summed E-state index contributed by atoms with van der Waals surface area (Å²) in [7, 11) is -3.09. The van der Waals surface area contributed by atoms with Gasteiger partial charge in [0.15, 0.2) is 12.6 Å². The fourth-order valence-electron chi connectivity index (χ4n) is 0.523. The maximum atomic E-state index is 12.2. The summed E-state index contributed by atoms with van der Waals surface area (Å²) < 4.78 is 36.1. The highest BCUT2D eigenvalue weighted by Crippen LogP contribution is 2.55.